The fourth-order valence-corrected chi connectivity index (χ4v) is 4.17. The van der Waals surface area contributed by atoms with E-state index in [2.05, 4.69) is 0 Å². The molecule has 24 heavy (non-hydrogen) atoms. The number of esters is 1. The van der Waals surface area contributed by atoms with Crippen LogP contribution in [0, 0.1) is 11.3 Å². The van der Waals surface area contributed by atoms with Gasteiger partial charge in [-0.1, -0.05) is 20.8 Å². The summed E-state index contributed by atoms with van der Waals surface area (Å²) in [4.78, 5) is 12.0. The lowest BCUT2D eigenvalue weighted by molar-refractivity contribution is -0.158. The van der Waals surface area contributed by atoms with Crippen LogP contribution in [0.1, 0.15) is 40.5 Å². The van der Waals surface area contributed by atoms with Crippen molar-refractivity contribution in [2.24, 2.45) is 11.3 Å². The Bertz CT molecular complexity index is 642. The number of sulfonamides is 2. The molecule has 144 valence electrons. The highest BCUT2D eigenvalue weighted by Crippen LogP contribution is 2.32. The maximum Gasteiger partial charge on any atom is 0.512 e. The van der Waals surface area contributed by atoms with Crippen LogP contribution in [0.5, 0.6) is 0 Å². The van der Waals surface area contributed by atoms with Crippen molar-refractivity contribution >= 4 is 26.0 Å². The van der Waals surface area contributed by atoms with Crippen LogP contribution < -0.4 is 4.13 Å². The van der Waals surface area contributed by atoms with Gasteiger partial charge in [0.25, 0.3) is 0 Å². The van der Waals surface area contributed by atoms with Crippen molar-refractivity contribution in [1.29, 1.82) is 0 Å². The number of halogens is 3. The number of nitrogens with one attached hydrogen (secondary N) is 1. The van der Waals surface area contributed by atoms with Gasteiger partial charge in [0, 0.05) is 0 Å². The lowest BCUT2D eigenvalue weighted by Gasteiger charge is -2.29. The van der Waals surface area contributed by atoms with Crippen LogP contribution in [-0.2, 0) is 29.6 Å². The van der Waals surface area contributed by atoms with Crippen LogP contribution in [0.15, 0.2) is 0 Å². The molecule has 0 saturated carbocycles. The van der Waals surface area contributed by atoms with Gasteiger partial charge in [-0.2, -0.15) is 13.2 Å². The molecule has 0 aromatic heterocycles. The van der Waals surface area contributed by atoms with Gasteiger partial charge in [-0.3, -0.25) is 4.79 Å². The summed E-state index contributed by atoms with van der Waals surface area (Å²) in [6, 6.07) is 0. The Kier molecular flexibility index (Phi) is 7.71. The molecule has 0 spiro atoms. The zero-order valence-corrected chi connectivity index (χ0v) is 15.4. The van der Waals surface area contributed by atoms with Crippen LogP contribution in [0.4, 0.5) is 13.2 Å². The highest BCUT2D eigenvalue weighted by Gasteiger charge is 2.48. The molecule has 0 saturated heterocycles. The van der Waals surface area contributed by atoms with Gasteiger partial charge in [0.2, 0.25) is 10.0 Å². The molecule has 1 atom stereocenters. The molecule has 0 amide bonds. The largest absolute Gasteiger partial charge is 0.512 e. The van der Waals surface area contributed by atoms with Crippen LogP contribution >= 0.6 is 0 Å². The van der Waals surface area contributed by atoms with E-state index in [4.69, 9.17) is 4.74 Å². The average molecular weight is 397 g/mol. The van der Waals surface area contributed by atoms with Crippen LogP contribution in [0.2, 0.25) is 0 Å². The van der Waals surface area contributed by atoms with E-state index in [9.17, 15) is 34.8 Å². The Labute approximate surface area is 140 Å². The molecule has 1 unspecified atom stereocenters. The first kappa shape index (κ1) is 23.1. The lowest BCUT2D eigenvalue weighted by Crippen LogP contribution is -2.41. The maximum absolute atomic E-state index is 12.1. The Balaban J connectivity index is 4.61. The third-order valence-electron chi connectivity index (χ3n) is 3.81. The zero-order chi connectivity index (χ0) is 19.4. The van der Waals surface area contributed by atoms with Crippen molar-refractivity contribution in [3.63, 3.8) is 0 Å². The van der Waals surface area contributed by atoms with E-state index in [-0.39, 0.29) is 18.9 Å². The smallest absolute Gasteiger partial charge is 0.465 e. The fourth-order valence-electron chi connectivity index (χ4n) is 1.62. The molecule has 0 heterocycles. The molecule has 7 nitrogen and oxygen atoms in total. The zero-order valence-electron chi connectivity index (χ0n) is 13.8. The van der Waals surface area contributed by atoms with Gasteiger partial charge in [0.15, 0.2) is 0 Å². The third-order valence-corrected chi connectivity index (χ3v) is 7.14. The average Bonchev–Trinajstić information content (AvgIpc) is 2.39. The molecular weight excluding hydrogens is 375 g/mol. The summed E-state index contributed by atoms with van der Waals surface area (Å²) < 4.78 is 86.1. The third kappa shape index (κ3) is 6.20. The predicted octanol–water partition coefficient (Wildman–Crippen LogP) is 1.76. The Morgan fingerprint density at radius 2 is 1.67 bits per heavy atom. The quantitative estimate of drug-likeness (QED) is 0.469. The van der Waals surface area contributed by atoms with E-state index in [0.29, 0.717) is 10.5 Å². The lowest BCUT2D eigenvalue weighted by atomic mass is 9.77. The minimum atomic E-state index is -5.99. The van der Waals surface area contributed by atoms with Crippen molar-refractivity contribution in [1.82, 2.24) is 4.13 Å². The molecule has 0 aromatic rings. The second kappa shape index (κ2) is 8.00. The number of carbonyl (C=O) groups is 1. The van der Waals surface area contributed by atoms with Gasteiger partial charge in [0.05, 0.1) is 17.8 Å². The molecule has 0 aromatic carbocycles. The monoisotopic (exact) mass is 397 g/mol. The summed E-state index contributed by atoms with van der Waals surface area (Å²) in [7, 11) is -10.7. The number of hydrogen-bond acceptors (Lipinski definition) is 6. The van der Waals surface area contributed by atoms with Crippen LogP contribution in [0.25, 0.3) is 0 Å². The first-order valence-electron chi connectivity index (χ1n) is 7.09. The van der Waals surface area contributed by atoms with Crippen molar-refractivity contribution in [2.75, 3.05) is 12.4 Å². The first-order valence-corrected chi connectivity index (χ1v) is 10.2. The molecule has 0 aliphatic rings. The van der Waals surface area contributed by atoms with Gasteiger partial charge < -0.3 is 4.74 Å². The normalized spacial score (nSPS) is 16.0. The summed E-state index contributed by atoms with van der Waals surface area (Å²) >= 11 is 0. The summed E-state index contributed by atoms with van der Waals surface area (Å²) in [6.45, 7) is 6.77. The minimum Gasteiger partial charge on any atom is -0.465 e. The predicted molar refractivity (Wildman–Crippen MR) is 80.7 cm³/mol. The Morgan fingerprint density at radius 1 is 1.17 bits per heavy atom. The molecule has 12 heteroatoms. The SMILES string of the molecule is CCC(C)(C(=O)OCCCS(=O)(=O)NS(=O)(=O)C(F)(F)F)C(C)C. The van der Waals surface area contributed by atoms with E-state index in [1.54, 1.807) is 13.8 Å². The highest BCUT2D eigenvalue weighted by molar-refractivity contribution is 8.05. The van der Waals surface area contributed by atoms with Crippen LogP contribution in [-0.4, -0.2) is 40.7 Å². The van der Waals surface area contributed by atoms with Crippen molar-refractivity contribution in [3.8, 4) is 0 Å². The Hall–Kier alpha value is -0.880. The van der Waals surface area contributed by atoms with Crippen molar-refractivity contribution in [3.05, 3.63) is 0 Å². The summed E-state index contributed by atoms with van der Waals surface area (Å²) in [5.41, 5.74) is -6.50. The van der Waals surface area contributed by atoms with Gasteiger partial charge >= 0.3 is 21.5 Å². The molecule has 1 N–H and O–H groups in total. The van der Waals surface area contributed by atoms with Gasteiger partial charge in [0.1, 0.15) is 0 Å². The minimum absolute atomic E-state index is 0.0303. The topological polar surface area (TPSA) is 107 Å². The number of hydrogen-bond donors (Lipinski definition) is 1. The van der Waals surface area contributed by atoms with E-state index in [1.165, 1.54) is 0 Å². The van der Waals surface area contributed by atoms with Crippen molar-refractivity contribution in [2.45, 2.75) is 46.0 Å². The van der Waals surface area contributed by atoms with E-state index < -0.39 is 42.7 Å². The molecule has 0 rings (SSSR count). The molecule has 0 fully saturated rings. The molecule has 0 aliphatic carbocycles. The van der Waals surface area contributed by atoms with E-state index in [0.717, 1.165) is 0 Å². The number of rotatable bonds is 9. The number of ether oxygens (including phenoxy) is 1. The standard InChI is InChI=1S/C12H22F3NO6S2/c1-5-11(4,9(2)3)10(17)22-7-6-8-23(18,19)16-24(20,21)12(13,14)15/h9,16H,5-8H2,1-4H3. The summed E-state index contributed by atoms with van der Waals surface area (Å²) in [5.74, 6) is -1.51. The first-order chi connectivity index (χ1) is 10.6. The fraction of sp³-hybridized carbons (Fsp3) is 0.917. The van der Waals surface area contributed by atoms with Gasteiger partial charge in [-0.15, -0.1) is 4.13 Å². The summed E-state index contributed by atoms with van der Waals surface area (Å²) in [6.07, 6.45) is 0.152. The highest BCUT2D eigenvalue weighted by atomic mass is 32.3. The van der Waals surface area contributed by atoms with Crippen LogP contribution in [0.3, 0.4) is 0 Å². The molecule has 0 bridgehead atoms. The number of carbonyl (C=O) groups excluding carboxylic acids is 1. The maximum atomic E-state index is 12.1. The second-order valence-electron chi connectivity index (χ2n) is 5.77. The molecule has 0 aliphatic heterocycles. The second-order valence-corrected chi connectivity index (χ2v) is 9.54. The van der Waals surface area contributed by atoms with E-state index >= 15 is 0 Å². The molecule has 0 radical (unpaired) electrons. The van der Waals surface area contributed by atoms with Gasteiger partial charge in [-0.25, -0.2) is 16.8 Å². The van der Waals surface area contributed by atoms with Crippen molar-refractivity contribution < 1.29 is 39.5 Å². The molecular formula is C12H22F3NO6S2. The summed E-state index contributed by atoms with van der Waals surface area (Å²) in [5, 5.41) is 0. The van der Waals surface area contributed by atoms with Gasteiger partial charge in [-0.05, 0) is 25.7 Å². The number of alkyl halides is 3. The Morgan fingerprint density at radius 3 is 2.04 bits per heavy atom. The van der Waals surface area contributed by atoms with E-state index in [1.807, 2.05) is 13.8 Å².